The van der Waals surface area contributed by atoms with E-state index in [9.17, 15) is 9.18 Å². The van der Waals surface area contributed by atoms with Gasteiger partial charge in [-0.15, -0.1) is 11.6 Å². The molecule has 0 bridgehead atoms. The molecule has 0 aliphatic heterocycles. The van der Waals surface area contributed by atoms with Gasteiger partial charge in [0.05, 0.1) is 12.2 Å². The summed E-state index contributed by atoms with van der Waals surface area (Å²) in [5, 5.41) is 0. The summed E-state index contributed by atoms with van der Waals surface area (Å²) < 4.78 is 18.4. The summed E-state index contributed by atoms with van der Waals surface area (Å²) in [6.45, 7) is 3.71. The first-order chi connectivity index (χ1) is 7.54. The predicted molar refractivity (Wildman–Crippen MR) is 61.8 cm³/mol. The number of Topliss-reactive ketones (excluding diaryl/α,β-unsaturated/α-hetero) is 1. The lowest BCUT2D eigenvalue weighted by Crippen LogP contribution is -2.11. The van der Waals surface area contributed by atoms with Crippen LogP contribution in [0.5, 0.6) is 5.75 Å². The first kappa shape index (κ1) is 13.0. The molecule has 2 nitrogen and oxygen atoms in total. The third-order valence-electron chi connectivity index (χ3n) is 2.11. The van der Waals surface area contributed by atoms with Crippen molar-refractivity contribution in [3.63, 3.8) is 0 Å². The molecule has 0 fully saturated rings. The van der Waals surface area contributed by atoms with Crippen LogP contribution in [0.3, 0.4) is 0 Å². The molecule has 0 radical (unpaired) electrons. The second kappa shape index (κ2) is 5.85. The summed E-state index contributed by atoms with van der Waals surface area (Å²) in [5.41, 5.74) is 0.392. The minimum Gasteiger partial charge on any atom is -0.492 e. The number of ether oxygens (including phenoxy) is 1. The fraction of sp³-hybridized carbons (Fsp3) is 0.417. The molecule has 0 spiro atoms. The maximum absolute atomic E-state index is 13.0. The highest BCUT2D eigenvalue weighted by Gasteiger charge is 2.11. The average molecular weight is 245 g/mol. The molecule has 1 aromatic carbocycles. The smallest absolute Gasteiger partial charge is 0.163 e. The van der Waals surface area contributed by atoms with Crippen LogP contribution in [-0.4, -0.2) is 18.3 Å². The molecule has 88 valence electrons. The molecular weight excluding hydrogens is 231 g/mol. The van der Waals surface area contributed by atoms with Crippen LogP contribution in [0.1, 0.15) is 24.2 Å². The summed E-state index contributed by atoms with van der Waals surface area (Å²) in [6.07, 6.45) is 0. The Kier molecular flexibility index (Phi) is 4.74. The lowest BCUT2D eigenvalue weighted by Gasteiger charge is -2.12. The van der Waals surface area contributed by atoms with Crippen molar-refractivity contribution in [2.45, 2.75) is 13.8 Å². The number of carbonyl (C=O) groups excluding carboxylic acids is 1. The summed E-state index contributed by atoms with van der Waals surface area (Å²) in [5.74, 6) is 0.339. The van der Waals surface area contributed by atoms with Gasteiger partial charge in [-0.2, -0.15) is 0 Å². The lowest BCUT2D eigenvalue weighted by molar-refractivity contribution is 0.101. The second-order valence-corrected chi connectivity index (χ2v) is 4.08. The maximum Gasteiger partial charge on any atom is 0.163 e. The van der Waals surface area contributed by atoms with E-state index < -0.39 is 5.82 Å². The van der Waals surface area contributed by atoms with E-state index in [0.717, 1.165) is 0 Å². The molecule has 0 saturated carbocycles. The lowest BCUT2D eigenvalue weighted by atomic mass is 10.1. The van der Waals surface area contributed by atoms with E-state index in [4.69, 9.17) is 16.3 Å². The topological polar surface area (TPSA) is 26.3 Å². The van der Waals surface area contributed by atoms with Gasteiger partial charge in [-0.3, -0.25) is 4.79 Å². The van der Waals surface area contributed by atoms with Crippen molar-refractivity contribution in [3.05, 3.63) is 29.6 Å². The van der Waals surface area contributed by atoms with Gasteiger partial charge in [0.2, 0.25) is 0 Å². The Labute approximate surface area is 99.4 Å². The molecule has 1 aromatic rings. The molecule has 16 heavy (non-hydrogen) atoms. The molecule has 1 unspecified atom stereocenters. The molecule has 1 atom stereocenters. The first-order valence-corrected chi connectivity index (χ1v) is 5.57. The van der Waals surface area contributed by atoms with E-state index in [2.05, 4.69) is 0 Å². The van der Waals surface area contributed by atoms with Gasteiger partial charge in [0.15, 0.2) is 5.78 Å². The van der Waals surface area contributed by atoms with Crippen LogP contribution >= 0.6 is 11.6 Å². The zero-order valence-corrected chi connectivity index (χ0v) is 10.1. The maximum atomic E-state index is 13.0. The predicted octanol–water partition coefficient (Wildman–Crippen LogP) is 3.28. The van der Waals surface area contributed by atoms with E-state index in [1.54, 1.807) is 0 Å². The Bertz CT molecular complexity index is 379. The zero-order valence-electron chi connectivity index (χ0n) is 9.30. The monoisotopic (exact) mass is 244 g/mol. The average Bonchev–Trinajstić information content (AvgIpc) is 2.25. The number of hydrogen-bond donors (Lipinski definition) is 0. The van der Waals surface area contributed by atoms with Crippen LogP contribution in [0.2, 0.25) is 0 Å². The highest BCUT2D eigenvalue weighted by atomic mass is 35.5. The first-order valence-electron chi connectivity index (χ1n) is 5.04. The largest absolute Gasteiger partial charge is 0.492 e. The minimum atomic E-state index is -0.418. The molecule has 0 aromatic heterocycles. The molecule has 4 heteroatoms. The molecule has 1 rings (SSSR count). The Balaban J connectivity index is 2.84. The van der Waals surface area contributed by atoms with E-state index in [0.29, 0.717) is 18.1 Å². The minimum absolute atomic E-state index is 0.145. The van der Waals surface area contributed by atoms with Gasteiger partial charge in [-0.25, -0.2) is 4.39 Å². The Morgan fingerprint density at radius 2 is 2.25 bits per heavy atom. The number of rotatable bonds is 5. The van der Waals surface area contributed by atoms with Crippen LogP contribution in [0, 0.1) is 11.7 Å². The van der Waals surface area contributed by atoms with Gasteiger partial charge in [-0.1, -0.05) is 6.92 Å². The molecular formula is C12H14ClFO2. The number of alkyl halides is 1. The third-order valence-corrected chi connectivity index (χ3v) is 2.64. The van der Waals surface area contributed by atoms with Crippen molar-refractivity contribution in [2.75, 3.05) is 12.5 Å². The fourth-order valence-corrected chi connectivity index (χ4v) is 1.27. The number of carbonyl (C=O) groups is 1. The van der Waals surface area contributed by atoms with Crippen molar-refractivity contribution in [1.29, 1.82) is 0 Å². The van der Waals surface area contributed by atoms with E-state index in [1.165, 1.54) is 25.1 Å². The quantitative estimate of drug-likeness (QED) is 0.587. The van der Waals surface area contributed by atoms with Crippen molar-refractivity contribution in [3.8, 4) is 5.75 Å². The summed E-state index contributed by atoms with van der Waals surface area (Å²) in [4.78, 5) is 11.3. The van der Waals surface area contributed by atoms with Crippen molar-refractivity contribution < 1.29 is 13.9 Å². The van der Waals surface area contributed by atoms with Crippen LogP contribution in [0.15, 0.2) is 18.2 Å². The normalized spacial score (nSPS) is 12.2. The van der Waals surface area contributed by atoms with Gasteiger partial charge in [-0.05, 0) is 19.1 Å². The second-order valence-electron chi connectivity index (χ2n) is 3.77. The number of hydrogen-bond acceptors (Lipinski definition) is 2. The summed E-state index contributed by atoms with van der Waals surface area (Å²) >= 11 is 5.63. The van der Waals surface area contributed by atoms with Crippen LogP contribution in [-0.2, 0) is 0 Å². The number of benzene rings is 1. The highest BCUT2D eigenvalue weighted by molar-refractivity contribution is 6.18. The van der Waals surface area contributed by atoms with Crippen LogP contribution in [0.25, 0.3) is 0 Å². The molecule has 0 saturated heterocycles. The summed E-state index contributed by atoms with van der Waals surface area (Å²) in [7, 11) is 0. The van der Waals surface area contributed by atoms with Gasteiger partial charge < -0.3 is 4.74 Å². The van der Waals surface area contributed by atoms with Gasteiger partial charge in [0.25, 0.3) is 0 Å². The van der Waals surface area contributed by atoms with E-state index in [1.807, 2.05) is 6.92 Å². The zero-order chi connectivity index (χ0) is 12.1. The van der Waals surface area contributed by atoms with Crippen molar-refractivity contribution >= 4 is 17.4 Å². The molecule has 0 heterocycles. The Morgan fingerprint density at radius 3 is 2.81 bits per heavy atom. The van der Waals surface area contributed by atoms with E-state index >= 15 is 0 Å². The summed E-state index contributed by atoms with van der Waals surface area (Å²) in [6, 6.07) is 3.89. The van der Waals surface area contributed by atoms with Gasteiger partial charge in [0.1, 0.15) is 11.6 Å². The SMILES string of the molecule is CC(=O)c1ccc(F)cc1OCC(C)CCl. The fourth-order valence-electron chi connectivity index (χ4n) is 1.18. The van der Waals surface area contributed by atoms with Gasteiger partial charge in [0, 0.05) is 17.9 Å². The molecule has 0 aliphatic carbocycles. The Hall–Kier alpha value is -1.09. The van der Waals surface area contributed by atoms with Crippen molar-refractivity contribution in [1.82, 2.24) is 0 Å². The third kappa shape index (κ3) is 3.49. The van der Waals surface area contributed by atoms with Gasteiger partial charge >= 0.3 is 0 Å². The number of ketones is 1. The standard InChI is InChI=1S/C12H14ClFO2/c1-8(6-13)7-16-12-5-10(14)3-4-11(12)9(2)15/h3-5,8H,6-7H2,1-2H3. The Morgan fingerprint density at radius 1 is 1.56 bits per heavy atom. The molecule has 0 amide bonds. The van der Waals surface area contributed by atoms with Crippen LogP contribution in [0.4, 0.5) is 4.39 Å². The number of halogens is 2. The highest BCUT2D eigenvalue weighted by Crippen LogP contribution is 2.21. The van der Waals surface area contributed by atoms with Crippen molar-refractivity contribution in [2.24, 2.45) is 5.92 Å². The van der Waals surface area contributed by atoms with E-state index in [-0.39, 0.29) is 17.5 Å². The molecule has 0 aliphatic rings. The molecule has 0 N–H and O–H groups in total. The van der Waals surface area contributed by atoms with Crippen LogP contribution < -0.4 is 4.74 Å².